The molecule has 0 saturated heterocycles. The first-order valence-electron chi connectivity index (χ1n) is 4.51. The summed E-state index contributed by atoms with van der Waals surface area (Å²) >= 11 is 0. The van der Waals surface area contributed by atoms with Crippen molar-refractivity contribution in [2.75, 3.05) is 6.54 Å². The van der Waals surface area contributed by atoms with Gasteiger partial charge in [0.2, 0.25) is 5.91 Å². The van der Waals surface area contributed by atoms with Gasteiger partial charge in [0, 0.05) is 6.21 Å². The highest BCUT2D eigenvalue weighted by molar-refractivity contribution is 6.03. The molecule has 0 aromatic heterocycles. The Hall–Kier alpha value is -1.75. The van der Waals surface area contributed by atoms with E-state index in [4.69, 9.17) is 11.1 Å². The Morgan fingerprint density at radius 1 is 1.73 bits per heavy atom. The molecule has 1 atom stereocenters. The van der Waals surface area contributed by atoms with E-state index in [0.29, 0.717) is 0 Å². The quantitative estimate of drug-likeness (QED) is 0.446. The molecule has 0 bridgehead atoms. The maximum Gasteiger partial charge on any atom is 0.239 e. The molecule has 0 aromatic carbocycles. The molecule has 1 unspecified atom stereocenters. The normalized spacial score (nSPS) is 12.9. The van der Waals surface area contributed by atoms with Crippen LogP contribution in [0.2, 0.25) is 0 Å². The van der Waals surface area contributed by atoms with Gasteiger partial charge in [0.15, 0.2) is 0 Å². The summed E-state index contributed by atoms with van der Waals surface area (Å²) in [5.41, 5.74) is 5.07. The van der Waals surface area contributed by atoms with Gasteiger partial charge in [-0.2, -0.15) is 0 Å². The Bertz CT molecular complexity index is 294. The second kappa shape index (κ2) is 7.64. The van der Waals surface area contributed by atoms with E-state index >= 15 is 0 Å². The third kappa shape index (κ3) is 7.33. The zero-order valence-electron chi connectivity index (χ0n) is 8.73. The summed E-state index contributed by atoms with van der Waals surface area (Å²) < 4.78 is 0. The monoisotopic (exact) mass is 208 g/mol. The van der Waals surface area contributed by atoms with Crippen LogP contribution in [0.15, 0.2) is 29.8 Å². The van der Waals surface area contributed by atoms with Crippen LogP contribution in [-0.2, 0) is 4.79 Å². The highest BCUT2D eigenvalue weighted by Gasteiger charge is 1.98. The first-order chi connectivity index (χ1) is 7.10. The summed E-state index contributed by atoms with van der Waals surface area (Å²) in [5, 5.41) is 9.65. The van der Waals surface area contributed by atoms with Gasteiger partial charge in [0.05, 0.1) is 12.6 Å². The number of amides is 1. The Kier molecular flexibility index (Phi) is 6.74. The van der Waals surface area contributed by atoms with Crippen LogP contribution in [0.5, 0.6) is 0 Å². The molecule has 0 fully saturated rings. The van der Waals surface area contributed by atoms with E-state index in [1.54, 1.807) is 18.4 Å². The lowest BCUT2D eigenvalue weighted by atomic mass is 10.3. The van der Waals surface area contributed by atoms with Gasteiger partial charge in [0.25, 0.3) is 0 Å². The molecule has 0 aliphatic carbocycles. The molecule has 0 radical (unpaired) electrons. The van der Waals surface area contributed by atoms with E-state index in [2.05, 4.69) is 16.9 Å². The number of nitrogens with zero attached hydrogens (tertiary/aromatic N) is 1. The van der Waals surface area contributed by atoms with Crippen molar-refractivity contribution in [1.29, 1.82) is 5.41 Å². The number of aliphatic imine (C=N–C) groups is 1. The molecule has 0 heterocycles. The average Bonchev–Trinajstić information content (AvgIpc) is 2.23. The van der Waals surface area contributed by atoms with Crippen molar-refractivity contribution in [3.8, 4) is 0 Å². The number of nitrogens with two attached hydrogens (primary N) is 1. The first-order valence-corrected chi connectivity index (χ1v) is 4.51. The number of hydrogen-bond acceptors (Lipinski definition) is 4. The first kappa shape index (κ1) is 13.2. The van der Waals surface area contributed by atoms with Crippen LogP contribution in [0.25, 0.3) is 0 Å². The number of allylic oxidation sites excluding steroid dienone is 1. The topological polar surface area (TPSA) is 91.3 Å². The molecule has 0 spiro atoms. The van der Waals surface area contributed by atoms with E-state index < -0.39 is 0 Å². The number of carbonyl (C=O) groups excluding carboxylic acids is 1. The number of amidine groups is 1. The fourth-order valence-electron chi connectivity index (χ4n) is 0.725. The van der Waals surface area contributed by atoms with Crippen LogP contribution in [0, 0.1) is 5.41 Å². The molecule has 5 nitrogen and oxygen atoms in total. The van der Waals surface area contributed by atoms with Gasteiger partial charge in [-0.15, -0.1) is 0 Å². The predicted molar refractivity (Wildman–Crippen MR) is 62.2 cm³/mol. The Balaban J connectivity index is 4.05. The van der Waals surface area contributed by atoms with Crippen LogP contribution in [0.1, 0.15) is 6.92 Å². The van der Waals surface area contributed by atoms with Gasteiger partial charge in [0.1, 0.15) is 5.84 Å². The third-order valence-electron chi connectivity index (χ3n) is 1.43. The van der Waals surface area contributed by atoms with Gasteiger partial charge in [-0.05, 0) is 13.0 Å². The van der Waals surface area contributed by atoms with E-state index in [1.165, 1.54) is 6.08 Å². The minimum Gasteiger partial charge on any atom is -0.322 e. The zero-order chi connectivity index (χ0) is 11.7. The van der Waals surface area contributed by atoms with Crippen LogP contribution < -0.4 is 11.1 Å². The molecule has 0 aromatic rings. The molecule has 82 valence electrons. The fraction of sp³-hybridized carbons (Fsp3) is 0.300. The van der Waals surface area contributed by atoms with Gasteiger partial charge >= 0.3 is 0 Å². The highest BCUT2D eigenvalue weighted by Crippen LogP contribution is 1.90. The van der Waals surface area contributed by atoms with Gasteiger partial charge in [-0.1, -0.05) is 18.7 Å². The lowest BCUT2D eigenvalue weighted by molar-refractivity contribution is -0.118. The van der Waals surface area contributed by atoms with Gasteiger partial charge < -0.3 is 11.1 Å². The molecule has 4 N–H and O–H groups in total. The lowest BCUT2D eigenvalue weighted by Crippen LogP contribution is -2.33. The number of rotatable bonds is 5. The molecule has 1 amide bonds. The lowest BCUT2D eigenvalue weighted by Gasteiger charge is -2.01. The van der Waals surface area contributed by atoms with Crippen molar-refractivity contribution in [2.45, 2.75) is 13.0 Å². The van der Waals surface area contributed by atoms with Crippen LogP contribution in [0.4, 0.5) is 0 Å². The largest absolute Gasteiger partial charge is 0.322 e. The predicted octanol–water partition coefficient (Wildman–Crippen LogP) is 0.240. The van der Waals surface area contributed by atoms with Crippen LogP contribution in [-0.4, -0.2) is 30.5 Å². The molecule has 0 aliphatic rings. The van der Waals surface area contributed by atoms with Crippen molar-refractivity contribution in [3.63, 3.8) is 0 Å². The zero-order valence-corrected chi connectivity index (χ0v) is 8.73. The van der Waals surface area contributed by atoms with E-state index in [1.807, 2.05) is 6.92 Å². The van der Waals surface area contributed by atoms with E-state index in [0.717, 1.165) is 0 Å². The number of hydrogen-bond donors (Lipinski definition) is 3. The Morgan fingerprint density at radius 2 is 2.40 bits per heavy atom. The molecular weight excluding hydrogens is 192 g/mol. The Morgan fingerprint density at radius 3 is 2.93 bits per heavy atom. The van der Waals surface area contributed by atoms with Gasteiger partial charge in [-0.3, -0.25) is 15.2 Å². The standard InChI is InChI=1S/C10H16N4O/c1-3-6-13-8(2)4-5-9(12)14-10(15)7-11/h3-6,8H,1,7,11H2,2H3,(H2,12,14,15)/b5-4-,13-6?. The highest BCUT2D eigenvalue weighted by atomic mass is 16.1. The fourth-order valence-corrected chi connectivity index (χ4v) is 0.725. The molecular formula is C10H16N4O. The molecule has 15 heavy (non-hydrogen) atoms. The average molecular weight is 208 g/mol. The van der Waals surface area contributed by atoms with Crippen molar-refractivity contribution in [2.24, 2.45) is 10.7 Å². The Labute approximate surface area is 89.3 Å². The third-order valence-corrected chi connectivity index (χ3v) is 1.43. The molecule has 0 aliphatic heterocycles. The SMILES string of the molecule is C=CC=NC(C)/C=C\C(=N)NC(=O)CN. The maximum absolute atomic E-state index is 10.8. The minimum atomic E-state index is -0.383. The minimum absolute atomic E-state index is 0.00565. The van der Waals surface area contributed by atoms with Gasteiger partial charge in [-0.25, -0.2) is 0 Å². The van der Waals surface area contributed by atoms with Crippen molar-refractivity contribution in [3.05, 3.63) is 24.8 Å². The van der Waals surface area contributed by atoms with Crippen molar-refractivity contribution < 1.29 is 4.79 Å². The summed E-state index contributed by atoms with van der Waals surface area (Å²) in [5.74, 6) is -0.377. The molecule has 5 heteroatoms. The van der Waals surface area contributed by atoms with Crippen molar-refractivity contribution >= 4 is 18.0 Å². The molecule has 0 rings (SSSR count). The second-order valence-corrected chi connectivity index (χ2v) is 2.80. The van der Waals surface area contributed by atoms with E-state index in [-0.39, 0.29) is 24.3 Å². The number of carbonyl (C=O) groups is 1. The summed E-state index contributed by atoms with van der Waals surface area (Å²) in [6.45, 7) is 5.22. The number of nitrogens with one attached hydrogen (secondary N) is 2. The maximum atomic E-state index is 10.8. The van der Waals surface area contributed by atoms with E-state index in [9.17, 15) is 4.79 Å². The summed E-state index contributed by atoms with van der Waals surface area (Å²) in [6, 6.07) is -0.0573. The van der Waals surface area contributed by atoms with Crippen LogP contribution >= 0.6 is 0 Å². The molecule has 0 saturated carbocycles. The summed E-state index contributed by atoms with van der Waals surface area (Å²) in [7, 11) is 0. The smallest absolute Gasteiger partial charge is 0.239 e. The van der Waals surface area contributed by atoms with Crippen LogP contribution in [0.3, 0.4) is 0 Å². The summed E-state index contributed by atoms with van der Waals surface area (Å²) in [6.07, 6.45) is 6.32. The summed E-state index contributed by atoms with van der Waals surface area (Å²) in [4.78, 5) is 14.8. The van der Waals surface area contributed by atoms with Crippen molar-refractivity contribution in [1.82, 2.24) is 5.32 Å². The second-order valence-electron chi connectivity index (χ2n) is 2.80.